The van der Waals surface area contributed by atoms with E-state index in [0.29, 0.717) is 17.4 Å². The number of amidine groups is 1. The van der Waals surface area contributed by atoms with Crippen LogP contribution in [0.5, 0.6) is 0 Å². The van der Waals surface area contributed by atoms with E-state index in [9.17, 15) is 9.59 Å². The van der Waals surface area contributed by atoms with Crippen LogP contribution in [0.15, 0.2) is 53.3 Å². The van der Waals surface area contributed by atoms with Crippen LogP contribution in [0.3, 0.4) is 0 Å². The maximum atomic E-state index is 12.1. The third kappa shape index (κ3) is 4.26. The Balaban J connectivity index is 2.03. The Morgan fingerprint density at radius 1 is 1.21 bits per heavy atom. The van der Waals surface area contributed by atoms with Crippen molar-refractivity contribution >= 4 is 35.1 Å². The van der Waals surface area contributed by atoms with Gasteiger partial charge in [0.2, 0.25) is 0 Å². The van der Waals surface area contributed by atoms with Gasteiger partial charge >= 0.3 is 11.9 Å². The number of esters is 2. The Morgan fingerprint density at radius 3 is 2.61 bits per heavy atom. The second kappa shape index (κ2) is 8.75. The highest BCUT2D eigenvalue weighted by Crippen LogP contribution is 2.26. The number of nitrogens with one attached hydrogen (secondary N) is 1. The second-order valence-corrected chi connectivity index (χ2v) is 6.35. The van der Waals surface area contributed by atoms with Crippen molar-refractivity contribution in [3.05, 3.63) is 64.6 Å². The molecule has 0 atom stereocenters. The van der Waals surface area contributed by atoms with Crippen LogP contribution in [0.1, 0.15) is 25.1 Å². The van der Waals surface area contributed by atoms with E-state index in [4.69, 9.17) is 21.1 Å². The van der Waals surface area contributed by atoms with E-state index in [1.807, 2.05) is 35.0 Å². The first kappa shape index (κ1) is 19.7. The highest BCUT2D eigenvalue weighted by molar-refractivity contribution is 6.30. The molecule has 0 saturated heterocycles. The van der Waals surface area contributed by atoms with E-state index in [0.717, 1.165) is 16.9 Å². The molecule has 1 N–H and O–H groups in total. The Hall–Kier alpha value is -3.06. The molecular weight excluding hydrogens is 382 g/mol. The van der Waals surface area contributed by atoms with Crippen LogP contribution in [0, 0.1) is 0 Å². The van der Waals surface area contributed by atoms with Gasteiger partial charge in [0.1, 0.15) is 0 Å². The number of carbonyl (C=O) groups excluding carboxylic acids is 2. The van der Waals surface area contributed by atoms with E-state index in [2.05, 4.69) is 10.3 Å². The molecule has 0 radical (unpaired) electrons. The van der Waals surface area contributed by atoms with Crippen molar-refractivity contribution in [1.29, 1.82) is 0 Å². The molecule has 2 heterocycles. The molecule has 0 saturated carbocycles. The van der Waals surface area contributed by atoms with Gasteiger partial charge in [0, 0.05) is 23.5 Å². The number of benzene rings is 1. The fourth-order valence-electron chi connectivity index (χ4n) is 2.79. The van der Waals surface area contributed by atoms with Gasteiger partial charge in [-0.25, -0.2) is 14.6 Å². The third-order valence-electron chi connectivity index (χ3n) is 4.05. The Kier molecular flexibility index (Phi) is 6.16. The molecule has 7 nitrogen and oxygen atoms in total. The first-order valence-electron chi connectivity index (χ1n) is 8.86. The van der Waals surface area contributed by atoms with E-state index in [-0.39, 0.29) is 18.8 Å². The van der Waals surface area contributed by atoms with Crippen LogP contribution < -0.4 is 5.32 Å². The van der Waals surface area contributed by atoms with E-state index < -0.39 is 11.9 Å². The summed E-state index contributed by atoms with van der Waals surface area (Å²) in [7, 11) is 0. The van der Waals surface area contributed by atoms with Crippen LogP contribution in [0.2, 0.25) is 5.02 Å². The molecule has 28 heavy (non-hydrogen) atoms. The molecule has 0 unspecified atom stereocenters. The smallest absolute Gasteiger partial charge is 0.347 e. The normalized spacial score (nSPS) is 13.6. The predicted octanol–water partition coefficient (Wildman–Crippen LogP) is 3.37. The van der Waals surface area contributed by atoms with Gasteiger partial charge in [-0.3, -0.25) is 0 Å². The molecular formula is C20H20ClN3O4. The van der Waals surface area contributed by atoms with Gasteiger partial charge in [0.15, 0.2) is 11.4 Å². The van der Waals surface area contributed by atoms with Crippen LogP contribution >= 0.6 is 11.6 Å². The number of anilines is 1. The van der Waals surface area contributed by atoms with Crippen LogP contribution in [0.4, 0.5) is 5.69 Å². The molecule has 0 amide bonds. The van der Waals surface area contributed by atoms with Crippen molar-refractivity contribution in [2.45, 2.75) is 20.4 Å². The molecule has 146 valence electrons. The Labute approximate surface area is 167 Å². The molecule has 0 spiro atoms. The fraction of sp³-hybridized carbons (Fsp3) is 0.250. The van der Waals surface area contributed by atoms with Gasteiger partial charge in [0.25, 0.3) is 0 Å². The zero-order chi connectivity index (χ0) is 20.1. The number of carbonyl (C=O) groups is 2. The lowest BCUT2D eigenvalue weighted by Gasteiger charge is -2.09. The largest absolute Gasteiger partial charge is 0.462 e. The first-order valence-corrected chi connectivity index (χ1v) is 9.24. The number of aliphatic imine (C=N–C) groups is 1. The number of nitrogens with zero attached hydrogens (tertiary/aromatic N) is 2. The van der Waals surface area contributed by atoms with Gasteiger partial charge in [-0.1, -0.05) is 11.6 Å². The minimum Gasteiger partial charge on any atom is -0.462 e. The predicted molar refractivity (Wildman–Crippen MR) is 106 cm³/mol. The standard InChI is InChI=1S/C20H20ClN3O4/c1-3-27-19(25)15(20(26)28-4-2)11-22-18-17-6-5-9-24(17)12-13-10-14(21)7-8-16(13)23-18/h5-11H,3-4,12H2,1-2H3,(H,22,23). The lowest BCUT2D eigenvalue weighted by molar-refractivity contribution is -0.146. The Morgan fingerprint density at radius 2 is 1.93 bits per heavy atom. The molecule has 0 aliphatic carbocycles. The van der Waals surface area contributed by atoms with Crippen molar-refractivity contribution in [1.82, 2.24) is 4.57 Å². The van der Waals surface area contributed by atoms with Crippen LogP contribution in [-0.4, -0.2) is 35.6 Å². The summed E-state index contributed by atoms with van der Waals surface area (Å²) >= 11 is 6.12. The molecule has 2 aromatic rings. The summed E-state index contributed by atoms with van der Waals surface area (Å²) in [6.07, 6.45) is 3.10. The SMILES string of the molecule is CCOC(=O)C(=CN=C1Nc2ccc(Cl)cc2Cn2cccc21)C(=O)OCC. The summed E-state index contributed by atoms with van der Waals surface area (Å²) in [5.41, 5.74) is 2.37. The molecule has 1 aliphatic rings. The number of hydrogen-bond acceptors (Lipinski definition) is 5. The van der Waals surface area contributed by atoms with E-state index in [1.165, 1.54) is 6.20 Å². The van der Waals surface area contributed by atoms with Gasteiger partial charge in [0.05, 0.1) is 25.1 Å². The molecule has 3 rings (SSSR count). The van der Waals surface area contributed by atoms with Gasteiger partial charge in [-0.15, -0.1) is 0 Å². The molecule has 1 aromatic heterocycles. The van der Waals surface area contributed by atoms with E-state index in [1.54, 1.807) is 19.9 Å². The molecule has 0 bridgehead atoms. The minimum atomic E-state index is -0.776. The lowest BCUT2D eigenvalue weighted by atomic mass is 10.2. The van der Waals surface area contributed by atoms with E-state index >= 15 is 0 Å². The average molecular weight is 402 g/mol. The summed E-state index contributed by atoms with van der Waals surface area (Å²) in [6, 6.07) is 9.31. The zero-order valence-corrected chi connectivity index (χ0v) is 16.3. The summed E-state index contributed by atoms with van der Waals surface area (Å²) in [4.78, 5) is 28.6. The highest BCUT2D eigenvalue weighted by Gasteiger charge is 2.22. The quantitative estimate of drug-likeness (QED) is 0.359. The van der Waals surface area contributed by atoms with Crippen molar-refractivity contribution in [3.8, 4) is 0 Å². The van der Waals surface area contributed by atoms with Crippen LogP contribution in [0.25, 0.3) is 0 Å². The highest BCUT2D eigenvalue weighted by atomic mass is 35.5. The Bertz CT molecular complexity index is 942. The number of hydrogen-bond donors (Lipinski definition) is 1. The minimum absolute atomic E-state index is 0.140. The summed E-state index contributed by atoms with van der Waals surface area (Å²) < 4.78 is 11.9. The number of fused-ring (bicyclic) bond motifs is 2. The molecule has 1 aromatic carbocycles. The number of rotatable bonds is 5. The topological polar surface area (TPSA) is 81.9 Å². The van der Waals surface area contributed by atoms with Gasteiger partial charge in [-0.05, 0) is 49.7 Å². The van der Waals surface area contributed by atoms with Crippen LogP contribution in [-0.2, 0) is 25.6 Å². The number of halogens is 1. The van der Waals surface area contributed by atoms with Gasteiger partial charge < -0.3 is 19.4 Å². The van der Waals surface area contributed by atoms with Gasteiger partial charge in [-0.2, -0.15) is 0 Å². The monoisotopic (exact) mass is 401 g/mol. The number of aromatic nitrogens is 1. The number of ether oxygens (including phenoxy) is 2. The zero-order valence-electron chi connectivity index (χ0n) is 15.6. The summed E-state index contributed by atoms with van der Waals surface area (Å²) in [5.74, 6) is -1.07. The summed E-state index contributed by atoms with van der Waals surface area (Å²) in [6.45, 7) is 4.21. The maximum Gasteiger partial charge on any atom is 0.347 e. The molecule has 0 fully saturated rings. The van der Waals surface area contributed by atoms with Crippen molar-refractivity contribution < 1.29 is 19.1 Å². The summed E-state index contributed by atoms with van der Waals surface area (Å²) in [5, 5.41) is 3.89. The van der Waals surface area contributed by atoms with Crippen molar-refractivity contribution in [3.63, 3.8) is 0 Å². The fourth-order valence-corrected chi connectivity index (χ4v) is 2.99. The first-order chi connectivity index (χ1) is 13.5. The molecule has 8 heteroatoms. The molecule has 1 aliphatic heterocycles. The maximum absolute atomic E-state index is 12.1. The third-order valence-corrected chi connectivity index (χ3v) is 4.28. The second-order valence-electron chi connectivity index (χ2n) is 5.91. The average Bonchev–Trinajstić information content (AvgIpc) is 3.06. The van der Waals surface area contributed by atoms with Crippen molar-refractivity contribution in [2.75, 3.05) is 18.5 Å². The lowest BCUT2D eigenvalue weighted by Crippen LogP contribution is -2.19. The van der Waals surface area contributed by atoms with Crippen molar-refractivity contribution in [2.24, 2.45) is 4.99 Å².